The van der Waals surface area contributed by atoms with Crippen LogP contribution in [0.15, 0.2) is 70.3 Å². The van der Waals surface area contributed by atoms with Crippen LogP contribution in [0.25, 0.3) is 16.5 Å². The van der Waals surface area contributed by atoms with Gasteiger partial charge in [0.15, 0.2) is 30.0 Å². The van der Waals surface area contributed by atoms with Crippen molar-refractivity contribution in [3.8, 4) is 17.7 Å². The molecule has 4 heterocycles. The van der Waals surface area contributed by atoms with Gasteiger partial charge in [-0.05, 0) is 29.8 Å². The molecule has 2 N–H and O–H groups in total. The number of rotatable bonds is 10. The molecule has 5 atom stereocenters. The van der Waals surface area contributed by atoms with Gasteiger partial charge in [-0.3, -0.25) is 28.5 Å². The van der Waals surface area contributed by atoms with Crippen molar-refractivity contribution in [2.45, 2.75) is 64.9 Å². The molecule has 0 radical (unpaired) electrons. The number of nitrogens with zero attached hydrogens (tertiary/aromatic N) is 3. The van der Waals surface area contributed by atoms with Crippen LogP contribution in [0, 0.1) is 11.8 Å². The van der Waals surface area contributed by atoms with Crippen LogP contribution < -0.4 is 16.0 Å². The molecule has 0 bridgehead atoms. The molecule has 58 heavy (non-hydrogen) atoms. The van der Waals surface area contributed by atoms with E-state index in [1.54, 1.807) is 24.3 Å². The summed E-state index contributed by atoms with van der Waals surface area (Å²) in [5.41, 5.74) is 1.41. The van der Waals surface area contributed by atoms with E-state index >= 15 is 0 Å². The van der Waals surface area contributed by atoms with Gasteiger partial charge in [0.2, 0.25) is 5.88 Å². The summed E-state index contributed by atoms with van der Waals surface area (Å²) in [6.45, 7) is 3.94. The highest BCUT2D eigenvalue weighted by Crippen LogP contribution is 2.44. The van der Waals surface area contributed by atoms with Crippen LogP contribution >= 0.6 is 15.9 Å². The van der Waals surface area contributed by atoms with Gasteiger partial charge in [-0.25, -0.2) is 9.78 Å². The van der Waals surface area contributed by atoms with Gasteiger partial charge in [0.25, 0.3) is 5.91 Å². The number of esters is 4. The zero-order valence-corrected chi connectivity index (χ0v) is 32.9. The Morgan fingerprint density at radius 3 is 2.28 bits per heavy atom. The summed E-state index contributed by atoms with van der Waals surface area (Å²) >= 11 is 3.45. The SMILES string of the molecule is CC(=O)OC[C@H]1O[C@@H](n2c(O)c(C3=c4cc(C#CCNC(=O)OCc5ccccc5)cnc4=NC3=O)c3cc(Br)ccc32)[C@H](OC(C)=O)[C@@H](OC(C)=O)[C@@H]1OC(C)=O. The number of hydrogen-bond donors (Lipinski definition) is 2. The summed E-state index contributed by atoms with van der Waals surface area (Å²) in [6.07, 6.45) is -6.71. The Morgan fingerprint density at radius 2 is 1.59 bits per heavy atom. The lowest BCUT2D eigenvalue weighted by Gasteiger charge is -2.45. The Morgan fingerprint density at radius 1 is 0.897 bits per heavy atom. The van der Waals surface area contributed by atoms with Crippen molar-refractivity contribution in [3.05, 3.63) is 92.7 Å². The van der Waals surface area contributed by atoms with Crippen molar-refractivity contribution in [2.24, 2.45) is 4.99 Å². The summed E-state index contributed by atoms with van der Waals surface area (Å²) in [6, 6.07) is 15.6. The van der Waals surface area contributed by atoms with E-state index < -0.39 is 79.0 Å². The second kappa shape index (κ2) is 17.7. The normalized spacial score (nSPS) is 19.5. The summed E-state index contributed by atoms with van der Waals surface area (Å²) in [5.74, 6) is 1.20. The fourth-order valence-electron chi connectivity index (χ4n) is 6.54. The number of ether oxygens (including phenoxy) is 6. The van der Waals surface area contributed by atoms with Crippen molar-refractivity contribution in [3.63, 3.8) is 0 Å². The Balaban J connectivity index is 1.43. The van der Waals surface area contributed by atoms with E-state index in [0.29, 0.717) is 15.4 Å². The van der Waals surface area contributed by atoms with E-state index in [1.807, 2.05) is 30.3 Å². The largest absolute Gasteiger partial charge is 0.494 e. The summed E-state index contributed by atoms with van der Waals surface area (Å²) in [7, 11) is 0. The topological polar surface area (TPSA) is 220 Å². The standard InChI is InChI=1S/C40H35BrN4O13/c1-20(46)53-19-30-33(55-21(2)47)34(56-22(3)48)35(57-23(4)49)39(58-30)45-29-13-12-26(41)16-27(29)32(38(45)51)31-28-15-25(17-43-36(28)44-37(31)50)11-8-14-42-40(52)54-18-24-9-6-5-7-10-24/h5-7,9-10,12-13,15-17,30,33-35,39,51H,14,18-19H2,1-4H3,(H,42,52)/t30-,33-,34+,35-,39-/m1/s1. The number of hydrogen-bond acceptors (Lipinski definition) is 14. The number of carbonyl (C=O) groups excluding carboxylic acids is 6. The highest BCUT2D eigenvalue weighted by molar-refractivity contribution is 9.10. The fourth-order valence-corrected chi connectivity index (χ4v) is 6.90. The molecule has 17 nitrogen and oxygen atoms in total. The Kier molecular flexibility index (Phi) is 12.5. The average Bonchev–Trinajstić information content (AvgIpc) is 3.63. The second-order valence-electron chi connectivity index (χ2n) is 12.9. The summed E-state index contributed by atoms with van der Waals surface area (Å²) in [5, 5.41) is 15.3. The molecule has 2 amide bonds. The molecular weight excluding hydrogens is 824 g/mol. The number of benzene rings is 2. The first-order chi connectivity index (χ1) is 27.7. The second-order valence-corrected chi connectivity index (χ2v) is 13.8. The molecule has 4 aromatic rings. The van der Waals surface area contributed by atoms with E-state index in [9.17, 15) is 33.9 Å². The lowest BCUT2D eigenvalue weighted by atomic mass is 9.97. The number of amides is 2. The van der Waals surface area contributed by atoms with Crippen LogP contribution in [0.3, 0.4) is 0 Å². The first-order valence-electron chi connectivity index (χ1n) is 17.6. The maximum Gasteiger partial charge on any atom is 0.408 e. The number of carbonyl (C=O) groups is 6. The monoisotopic (exact) mass is 858 g/mol. The Hall–Kier alpha value is -6.58. The Bertz CT molecular complexity index is 2510. The maximum atomic E-state index is 13.7. The summed E-state index contributed by atoms with van der Waals surface area (Å²) < 4.78 is 35.3. The van der Waals surface area contributed by atoms with Crippen LogP contribution in [0.1, 0.15) is 50.6 Å². The highest BCUT2D eigenvalue weighted by Gasteiger charge is 2.54. The Labute approximate surface area is 338 Å². The third kappa shape index (κ3) is 9.17. The zero-order valence-electron chi connectivity index (χ0n) is 31.3. The minimum atomic E-state index is -1.58. The lowest BCUT2D eigenvalue weighted by Crippen LogP contribution is -2.60. The maximum absolute atomic E-state index is 13.7. The number of aromatic hydroxyl groups is 1. The van der Waals surface area contributed by atoms with E-state index in [4.69, 9.17) is 28.4 Å². The number of pyridine rings is 1. The molecule has 18 heteroatoms. The number of alkyl carbamates (subject to hydrolysis) is 1. The van der Waals surface area contributed by atoms with E-state index in [2.05, 4.69) is 43.1 Å². The molecule has 1 fully saturated rings. The van der Waals surface area contributed by atoms with Crippen LogP contribution in [-0.2, 0) is 59.0 Å². The number of nitrogens with one attached hydrogen (secondary N) is 1. The van der Waals surface area contributed by atoms with Crippen molar-refractivity contribution >= 4 is 68.3 Å². The van der Waals surface area contributed by atoms with E-state index in [1.165, 1.54) is 10.8 Å². The molecule has 0 unspecified atom stereocenters. The van der Waals surface area contributed by atoms with E-state index in [0.717, 1.165) is 33.3 Å². The molecule has 300 valence electrons. The zero-order chi connectivity index (χ0) is 41.7. The first-order valence-corrected chi connectivity index (χ1v) is 18.4. The predicted octanol–water partition coefficient (Wildman–Crippen LogP) is 2.40. The predicted molar refractivity (Wildman–Crippen MR) is 203 cm³/mol. The molecule has 2 aromatic heterocycles. The average molecular weight is 860 g/mol. The van der Waals surface area contributed by atoms with Crippen molar-refractivity contribution in [1.29, 1.82) is 0 Å². The molecule has 2 aromatic carbocycles. The minimum Gasteiger partial charge on any atom is -0.494 e. The van der Waals surface area contributed by atoms with E-state index in [-0.39, 0.29) is 40.5 Å². The van der Waals surface area contributed by atoms with Gasteiger partial charge < -0.3 is 38.8 Å². The van der Waals surface area contributed by atoms with Gasteiger partial charge >= 0.3 is 30.0 Å². The quantitative estimate of drug-likeness (QED) is 0.133. The highest BCUT2D eigenvalue weighted by atomic mass is 79.9. The van der Waals surface area contributed by atoms with Gasteiger partial charge in [0.05, 0.1) is 23.2 Å². The van der Waals surface area contributed by atoms with Crippen molar-refractivity contribution in [2.75, 3.05) is 13.2 Å². The lowest BCUT2D eigenvalue weighted by molar-refractivity contribution is -0.268. The molecule has 2 aliphatic rings. The smallest absolute Gasteiger partial charge is 0.408 e. The molecular formula is C40H35BrN4O13. The van der Waals surface area contributed by atoms with Gasteiger partial charge in [-0.15, -0.1) is 0 Å². The number of halogens is 1. The third-order valence-electron chi connectivity index (χ3n) is 8.73. The number of aromatic nitrogens is 2. The third-order valence-corrected chi connectivity index (χ3v) is 9.23. The summed E-state index contributed by atoms with van der Waals surface area (Å²) in [4.78, 5) is 83.6. The van der Waals surface area contributed by atoms with Crippen LogP contribution in [0.5, 0.6) is 5.88 Å². The van der Waals surface area contributed by atoms with Crippen molar-refractivity contribution in [1.82, 2.24) is 14.9 Å². The minimum absolute atomic E-state index is 0.00797. The van der Waals surface area contributed by atoms with Gasteiger partial charge in [0.1, 0.15) is 19.3 Å². The van der Waals surface area contributed by atoms with Crippen LogP contribution in [0.4, 0.5) is 4.79 Å². The van der Waals surface area contributed by atoms with Crippen LogP contribution in [-0.4, -0.2) is 88.1 Å². The fraction of sp³-hybridized carbons (Fsp3) is 0.300. The van der Waals surface area contributed by atoms with Gasteiger partial charge in [-0.2, -0.15) is 4.99 Å². The van der Waals surface area contributed by atoms with Crippen molar-refractivity contribution < 1.29 is 62.3 Å². The van der Waals surface area contributed by atoms with Gasteiger partial charge in [0, 0.05) is 54.5 Å². The van der Waals surface area contributed by atoms with Crippen LogP contribution in [0.2, 0.25) is 0 Å². The molecule has 0 spiro atoms. The van der Waals surface area contributed by atoms with Gasteiger partial charge in [-0.1, -0.05) is 58.1 Å². The molecule has 0 saturated carbocycles. The molecule has 0 aliphatic carbocycles. The molecule has 6 rings (SSSR count). The molecule has 1 saturated heterocycles. The first kappa shape index (κ1) is 41.1. The molecule has 2 aliphatic heterocycles. The number of fused-ring (bicyclic) bond motifs is 2.